The van der Waals surface area contributed by atoms with Crippen molar-refractivity contribution in [2.24, 2.45) is 5.92 Å². The zero-order valence-corrected chi connectivity index (χ0v) is 18.9. The normalized spacial score (nSPS) is 16.1. The molecule has 0 saturated carbocycles. The summed E-state index contributed by atoms with van der Waals surface area (Å²) in [7, 11) is 1.82. The Labute approximate surface area is 193 Å². The lowest BCUT2D eigenvalue weighted by Gasteiger charge is -2.34. The second-order valence-corrected chi connectivity index (χ2v) is 8.76. The highest BCUT2D eigenvalue weighted by molar-refractivity contribution is 6.30. The van der Waals surface area contributed by atoms with Gasteiger partial charge in [-0.15, -0.1) is 0 Å². The van der Waals surface area contributed by atoms with Crippen molar-refractivity contribution in [2.75, 3.05) is 20.1 Å². The number of carbonyl (C=O) groups is 2. The molecule has 2 heterocycles. The molecule has 1 fully saturated rings. The van der Waals surface area contributed by atoms with E-state index in [0.29, 0.717) is 36.8 Å². The first-order chi connectivity index (χ1) is 15.5. The number of rotatable bonds is 6. The third-order valence-corrected chi connectivity index (χ3v) is 6.07. The molecule has 3 aromatic rings. The van der Waals surface area contributed by atoms with E-state index in [2.05, 4.69) is 17.2 Å². The summed E-state index contributed by atoms with van der Waals surface area (Å²) in [5.74, 6) is -0.178. The van der Waals surface area contributed by atoms with Crippen molar-refractivity contribution in [2.45, 2.75) is 25.9 Å². The van der Waals surface area contributed by atoms with Gasteiger partial charge in [0.1, 0.15) is 0 Å². The van der Waals surface area contributed by atoms with Crippen molar-refractivity contribution in [3.63, 3.8) is 0 Å². The number of halogens is 1. The minimum atomic E-state index is -0.190. The van der Waals surface area contributed by atoms with Crippen LogP contribution in [0.1, 0.15) is 34.3 Å². The highest BCUT2D eigenvalue weighted by atomic mass is 35.5. The molecule has 1 aliphatic rings. The Kier molecular flexibility index (Phi) is 6.90. The average molecular weight is 451 g/mol. The highest BCUT2D eigenvalue weighted by Gasteiger charge is 2.30. The fourth-order valence-corrected chi connectivity index (χ4v) is 4.27. The summed E-state index contributed by atoms with van der Waals surface area (Å²) < 4.78 is 1.89. The van der Waals surface area contributed by atoms with E-state index in [4.69, 9.17) is 11.6 Å². The first-order valence-electron chi connectivity index (χ1n) is 10.8. The first kappa shape index (κ1) is 22.1. The molecule has 166 valence electrons. The molecule has 0 aliphatic carbocycles. The Balaban J connectivity index is 1.34. The maximum atomic E-state index is 13.1. The summed E-state index contributed by atoms with van der Waals surface area (Å²) in [5, 5.41) is 5.03. The van der Waals surface area contributed by atoms with E-state index in [0.717, 1.165) is 18.4 Å². The lowest BCUT2D eigenvalue weighted by Crippen LogP contribution is -2.45. The van der Waals surface area contributed by atoms with Gasteiger partial charge in [-0.25, -0.2) is 0 Å². The van der Waals surface area contributed by atoms with Gasteiger partial charge < -0.3 is 9.80 Å². The van der Waals surface area contributed by atoms with Crippen molar-refractivity contribution in [1.82, 2.24) is 19.6 Å². The van der Waals surface area contributed by atoms with Crippen LogP contribution in [0.25, 0.3) is 0 Å². The van der Waals surface area contributed by atoms with Gasteiger partial charge >= 0.3 is 0 Å². The number of hydrogen-bond donors (Lipinski definition) is 0. The number of benzene rings is 2. The lowest BCUT2D eigenvalue weighted by atomic mass is 9.96. The van der Waals surface area contributed by atoms with Crippen molar-refractivity contribution >= 4 is 23.4 Å². The molecule has 0 N–H and O–H groups in total. The molecular weight excluding hydrogens is 424 g/mol. The van der Waals surface area contributed by atoms with Crippen LogP contribution in [0, 0.1) is 5.92 Å². The highest BCUT2D eigenvalue weighted by Crippen LogP contribution is 2.22. The maximum Gasteiger partial charge on any atom is 0.253 e. The number of nitrogens with zero attached hydrogens (tertiary/aromatic N) is 4. The smallest absolute Gasteiger partial charge is 0.253 e. The summed E-state index contributed by atoms with van der Waals surface area (Å²) >= 11 is 5.93. The largest absolute Gasteiger partial charge is 0.341 e. The Morgan fingerprint density at radius 1 is 1.09 bits per heavy atom. The van der Waals surface area contributed by atoms with Crippen LogP contribution in [0.5, 0.6) is 0 Å². The molecule has 1 atom stereocenters. The van der Waals surface area contributed by atoms with Gasteiger partial charge in [0, 0.05) is 49.0 Å². The predicted octanol–water partition coefficient (Wildman–Crippen LogP) is 4.10. The molecule has 7 heteroatoms. The fraction of sp³-hybridized carbons (Fsp3) is 0.320. The Bertz CT molecular complexity index is 1070. The topological polar surface area (TPSA) is 58.4 Å². The van der Waals surface area contributed by atoms with Crippen LogP contribution in [0.4, 0.5) is 0 Å². The quantitative estimate of drug-likeness (QED) is 0.568. The second-order valence-electron chi connectivity index (χ2n) is 8.32. The minimum absolute atomic E-state index is 0.0518. The molecule has 4 rings (SSSR count). The van der Waals surface area contributed by atoms with Gasteiger partial charge in [-0.3, -0.25) is 14.3 Å². The molecule has 0 bridgehead atoms. The van der Waals surface area contributed by atoms with Crippen molar-refractivity contribution < 1.29 is 9.59 Å². The number of aromatic nitrogens is 2. The zero-order valence-electron chi connectivity index (χ0n) is 18.2. The summed E-state index contributed by atoms with van der Waals surface area (Å²) in [4.78, 5) is 29.5. The Hall–Kier alpha value is -3.12. The van der Waals surface area contributed by atoms with Gasteiger partial charge in [0.25, 0.3) is 5.91 Å². The number of carbonyl (C=O) groups excluding carboxylic acids is 2. The van der Waals surface area contributed by atoms with Gasteiger partial charge in [-0.1, -0.05) is 41.9 Å². The third-order valence-electron chi connectivity index (χ3n) is 5.82. The van der Waals surface area contributed by atoms with E-state index in [1.807, 2.05) is 42.3 Å². The van der Waals surface area contributed by atoms with Gasteiger partial charge in [-0.2, -0.15) is 5.10 Å². The van der Waals surface area contributed by atoms with E-state index >= 15 is 0 Å². The van der Waals surface area contributed by atoms with Crippen molar-refractivity contribution in [1.29, 1.82) is 0 Å². The fourth-order valence-electron chi connectivity index (χ4n) is 4.15. The molecule has 32 heavy (non-hydrogen) atoms. The molecule has 1 saturated heterocycles. The van der Waals surface area contributed by atoms with Crippen LogP contribution in [0.3, 0.4) is 0 Å². The predicted molar refractivity (Wildman–Crippen MR) is 124 cm³/mol. The van der Waals surface area contributed by atoms with Gasteiger partial charge in [0.05, 0.1) is 18.7 Å². The number of piperidine rings is 1. The molecule has 6 nitrogen and oxygen atoms in total. The lowest BCUT2D eigenvalue weighted by molar-refractivity contribution is -0.136. The molecule has 0 radical (unpaired) electrons. The number of amides is 2. The van der Waals surface area contributed by atoms with Crippen LogP contribution in [0.2, 0.25) is 5.02 Å². The van der Waals surface area contributed by atoms with E-state index in [1.165, 1.54) is 5.56 Å². The van der Waals surface area contributed by atoms with Crippen LogP contribution < -0.4 is 0 Å². The molecule has 2 amide bonds. The van der Waals surface area contributed by atoms with Gasteiger partial charge in [0.15, 0.2) is 0 Å². The molecule has 1 aromatic heterocycles. The first-order valence-corrected chi connectivity index (χ1v) is 11.2. The molecule has 0 unspecified atom stereocenters. The Morgan fingerprint density at radius 2 is 1.84 bits per heavy atom. The summed E-state index contributed by atoms with van der Waals surface area (Å²) in [6.45, 7) is 2.30. The van der Waals surface area contributed by atoms with E-state index in [9.17, 15) is 9.59 Å². The van der Waals surface area contributed by atoms with Gasteiger partial charge in [0.2, 0.25) is 5.91 Å². The SMILES string of the molecule is CN(Cc1cnn(Cc2ccccc2)c1)C(=O)[C@H]1CCCN(C(=O)c2ccc(Cl)cc2)C1. The molecule has 2 aromatic carbocycles. The maximum absolute atomic E-state index is 13.1. The average Bonchev–Trinajstić information content (AvgIpc) is 3.25. The zero-order chi connectivity index (χ0) is 22.5. The summed E-state index contributed by atoms with van der Waals surface area (Å²) in [6, 6.07) is 17.0. The second kappa shape index (κ2) is 10.0. The molecular formula is C25H27ClN4O2. The minimum Gasteiger partial charge on any atom is -0.341 e. The van der Waals surface area contributed by atoms with Crippen molar-refractivity contribution in [3.8, 4) is 0 Å². The van der Waals surface area contributed by atoms with E-state index in [1.54, 1.807) is 34.1 Å². The summed E-state index contributed by atoms with van der Waals surface area (Å²) in [5.41, 5.74) is 2.77. The van der Waals surface area contributed by atoms with E-state index < -0.39 is 0 Å². The van der Waals surface area contributed by atoms with Crippen LogP contribution in [0.15, 0.2) is 67.0 Å². The molecule has 0 spiro atoms. The number of hydrogen-bond acceptors (Lipinski definition) is 3. The van der Waals surface area contributed by atoms with Crippen molar-refractivity contribution in [3.05, 3.63) is 88.7 Å². The summed E-state index contributed by atoms with van der Waals surface area (Å²) in [6.07, 6.45) is 5.40. The van der Waals surface area contributed by atoms with Crippen LogP contribution in [-0.4, -0.2) is 51.5 Å². The Morgan fingerprint density at radius 3 is 2.59 bits per heavy atom. The number of likely N-dealkylation sites (tertiary alicyclic amines) is 1. The van der Waals surface area contributed by atoms with E-state index in [-0.39, 0.29) is 17.7 Å². The standard InChI is InChI=1S/C25H27ClN4O2/c1-28(15-20-14-27-30(17-20)16-19-6-3-2-4-7-19)24(31)22-8-5-13-29(18-22)25(32)21-9-11-23(26)12-10-21/h2-4,6-7,9-12,14,17,22H,5,8,13,15-16,18H2,1H3/t22-/m0/s1. The van der Waals surface area contributed by atoms with Crippen LogP contribution >= 0.6 is 11.6 Å². The third kappa shape index (κ3) is 5.37. The van der Waals surface area contributed by atoms with Gasteiger partial charge in [-0.05, 0) is 42.7 Å². The monoisotopic (exact) mass is 450 g/mol. The van der Waals surface area contributed by atoms with Crippen LogP contribution in [-0.2, 0) is 17.9 Å². The molecule has 1 aliphatic heterocycles.